The van der Waals surface area contributed by atoms with Gasteiger partial charge in [0.25, 0.3) is 15.9 Å². The Kier molecular flexibility index (Phi) is 5.94. The molecule has 2 aromatic carbocycles. The number of sulfonamides is 1. The summed E-state index contributed by atoms with van der Waals surface area (Å²) in [6.07, 6.45) is 2.66. The average molecular weight is 478 g/mol. The molecular formula is C21H24BrN3O3S. The summed E-state index contributed by atoms with van der Waals surface area (Å²) < 4.78 is 28.9. The van der Waals surface area contributed by atoms with E-state index in [2.05, 4.69) is 25.6 Å². The minimum Gasteiger partial charge on any atom is -0.336 e. The number of amides is 1. The molecule has 1 amide bonds. The second-order valence-corrected chi connectivity index (χ2v) is 10.3. The molecular weight excluding hydrogens is 454 g/mol. The molecule has 0 unspecified atom stereocenters. The van der Waals surface area contributed by atoms with Crippen LogP contribution in [-0.4, -0.2) is 56.8 Å². The smallest absolute Gasteiger partial charge is 0.261 e. The first-order valence-corrected chi connectivity index (χ1v) is 12.1. The summed E-state index contributed by atoms with van der Waals surface area (Å²) in [4.78, 5) is 17.2. The highest BCUT2D eigenvalue weighted by Gasteiger charge is 2.28. The van der Waals surface area contributed by atoms with E-state index >= 15 is 0 Å². The number of benzene rings is 2. The molecule has 0 radical (unpaired) electrons. The number of carbonyl (C=O) groups excluding carboxylic acids is 1. The lowest BCUT2D eigenvalue weighted by atomic mass is 10.2. The van der Waals surface area contributed by atoms with Crippen LogP contribution >= 0.6 is 15.9 Å². The third-order valence-corrected chi connectivity index (χ3v) is 7.27. The van der Waals surface area contributed by atoms with Crippen LogP contribution in [0.2, 0.25) is 0 Å². The highest BCUT2D eigenvalue weighted by atomic mass is 79.9. The maximum atomic E-state index is 12.9. The molecule has 8 heteroatoms. The van der Waals surface area contributed by atoms with Gasteiger partial charge in [-0.3, -0.25) is 14.4 Å². The Labute approximate surface area is 180 Å². The topological polar surface area (TPSA) is 69.7 Å². The van der Waals surface area contributed by atoms with Crippen LogP contribution in [0.4, 0.5) is 5.69 Å². The van der Waals surface area contributed by atoms with Crippen LogP contribution in [0.15, 0.2) is 57.9 Å². The van der Waals surface area contributed by atoms with Gasteiger partial charge in [0.1, 0.15) is 0 Å². The first-order chi connectivity index (χ1) is 13.9. The number of nitrogens with zero attached hydrogens (tertiary/aromatic N) is 2. The van der Waals surface area contributed by atoms with Crippen molar-refractivity contribution in [1.82, 2.24) is 9.80 Å². The number of hydrogen-bond donors (Lipinski definition) is 1. The normalized spacial score (nSPS) is 17.9. The number of nitrogens with one attached hydrogen (secondary N) is 1. The monoisotopic (exact) mass is 477 g/mol. The van der Waals surface area contributed by atoms with Crippen molar-refractivity contribution in [3.05, 3.63) is 58.6 Å². The molecule has 1 aliphatic heterocycles. The third-order valence-electron chi connectivity index (χ3n) is 5.36. The van der Waals surface area contributed by atoms with E-state index < -0.39 is 10.0 Å². The summed E-state index contributed by atoms with van der Waals surface area (Å²) in [5.41, 5.74) is 0.871. The predicted octanol–water partition coefficient (Wildman–Crippen LogP) is 3.42. The first kappa shape index (κ1) is 20.4. The van der Waals surface area contributed by atoms with Gasteiger partial charge in [0, 0.05) is 48.4 Å². The average Bonchev–Trinajstić information content (AvgIpc) is 3.54. The Morgan fingerprint density at radius 3 is 2.38 bits per heavy atom. The summed E-state index contributed by atoms with van der Waals surface area (Å²) in [5, 5.41) is 0. The van der Waals surface area contributed by atoms with Crippen LogP contribution < -0.4 is 4.72 Å². The van der Waals surface area contributed by atoms with Crippen molar-refractivity contribution in [2.45, 2.75) is 17.7 Å². The number of carbonyl (C=O) groups is 1. The van der Waals surface area contributed by atoms with Crippen molar-refractivity contribution < 1.29 is 13.2 Å². The molecule has 1 aliphatic carbocycles. The van der Waals surface area contributed by atoms with Gasteiger partial charge in [-0.1, -0.05) is 22.0 Å². The Morgan fingerprint density at radius 2 is 1.72 bits per heavy atom. The highest BCUT2D eigenvalue weighted by Crippen LogP contribution is 2.30. The van der Waals surface area contributed by atoms with E-state index in [-0.39, 0.29) is 10.8 Å². The fourth-order valence-electron chi connectivity index (χ4n) is 3.51. The number of piperazine rings is 1. The van der Waals surface area contributed by atoms with Crippen LogP contribution in [0.25, 0.3) is 0 Å². The molecule has 0 atom stereocenters. The van der Waals surface area contributed by atoms with E-state index in [1.54, 1.807) is 36.4 Å². The largest absolute Gasteiger partial charge is 0.336 e. The quantitative estimate of drug-likeness (QED) is 0.691. The van der Waals surface area contributed by atoms with Crippen molar-refractivity contribution in [2.75, 3.05) is 37.4 Å². The van der Waals surface area contributed by atoms with Gasteiger partial charge in [-0.15, -0.1) is 0 Å². The molecule has 1 heterocycles. The van der Waals surface area contributed by atoms with Gasteiger partial charge in [-0.2, -0.15) is 0 Å². The molecule has 2 aliphatic rings. The molecule has 0 aromatic heterocycles. The van der Waals surface area contributed by atoms with E-state index in [0.717, 1.165) is 30.0 Å². The van der Waals surface area contributed by atoms with Gasteiger partial charge in [0.05, 0.1) is 4.90 Å². The molecule has 1 N–H and O–H groups in total. The van der Waals surface area contributed by atoms with Gasteiger partial charge in [-0.25, -0.2) is 8.42 Å². The zero-order valence-electron chi connectivity index (χ0n) is 16.1. The molecule has 4 rings (SSSR count). The molecule has 1 saturated heterocycles. The van der Waals surface area contributed by atoms with Crippen molar-refractivity contribution in [1.29, 1.82) is 0 Å². The summed E-state index contributed by atoms with van der Waals surface area (Å²) >= 11 is 3.33. The molecule has 1 saturated carbocycles. The van der Waals surface area contributed by atoms with E-state index in [1.807, 2.05) is 4.90 Å². The lowest BCUT2D eigenvalue weighted by molar-refractivity contribution is 0.0632. The molecule has 0 bridgehead atoms. The highest BCUT2D eigenvalue weighted by molar-refractivity contribution is 9.10. The number of anilines is 1. The van der Waals surface area contributed by atoms with Crippen LogP contribution in [0, 0.1) is 5.92 Å². The maximum absolute atomic E-state index is 12.9. The Balaban J connectivity index is 1.43. The number of halogens is 1. The molecule has 29 heavy (non-hydrogen) atoms. The molecule has 2 fully saturated rings. The van der Waals surface area contributed by atoms with Gasteiger partial charge in [0.2, 0.25) is 0 Å². The second-order valence-electron chi connectivity index (χ2n) is 7.68. The molecule has 6 nitrogen and oxygen atoms in total. The second kappa shape index (κ2) is 8.45. The van der Waals surface area contributed by atoms with Crippen LogP contribution in [0.3, 0.4) is 0 Å². The minimum atomic E-state index is -3.77. The fraction of sp³-hybridized carbons (Fsp3) is 0.381. The predicted molar refractivity (Wildman–Crippen MR) is 116 cm³/mol. The lowest BCUT2D eigenvalue weighted by Gasteiger charge is -2.34. The summed E-state index contributed by atoms with van der Waals surface area (Å²) in [5.74, 6) is 0.731. The van der Waals surface area contributed by atoms with E-state index in [0.29, 0.717) is 24.3 Å². The minimum absolute atomic E-state index is 0.0821. The van der Waals surface area contributed by atoms with E-state index in [1.165, 1.54) is 25.0 Å². The third kappa shape index (κ3) is 5.18. The van der Waals surface area contributed by atoms with Crippen LogP contribution in [-0.2, 0) is 10.0 Å². The van der Waals surface area contributed by atoms with Gasteiger partial charge >= 0.3 is 0 Å². The van der Waals surface area contributed by atoms with Crippen molar-refractivity contribution in [3.63, 3.8) is 0 Å². The molecule has 154 valence electrons. The summed E-state index contributed by atoms with van der Waals surface area (Å²) in [6, 6.07) is 13.1. The standard InChI is InChI=1S/C21H24BrN3O3S/c22-18-6-8-19(9-7-18)23-29(27,28)20-3-1-2-17(14-20)21(26)25-12-10-24(11-13-25)15-16-4-5-16/h1-3,6-9,14,16,23H,4-5,10-13,15H2. The molecule has 2 aromatic rings. The van der Waals surface area contributed by atoms with Gasteiger partial charge in [0.15, 0.2) is 0 Å². The number of rotatable bonds is 6. The van der Waals surface area contributed by atoms with Gasteiger partial charge in [-0.05, 0) is 61.2 Å². The van der Waals surface area contributed by atoms with Crippen molar-refractivity contribution >= 4 is 37.5 Å². The first-order valence-electron chi connectivity index (χ1n) is 9.81. The SMILES string of the molecule is O=C(c1cccc(S(=O)(=O)Nc2ccc(Br)cc2)c1)N1CCN(CC2CC2)CC1. The fourth-order valence-corrected chi connectivity index (χ4v) is 4.88. The van der Waals surface area contributed by atoms with E-state index in [9.17, 15) is 13.2 Å². The number of hydrogen-bond acceptors (Lipinski definition) is 4. The Bertz CT molecular complexity index is 982. The summed E-state index contributed by atoms with van der Waals surface area (Å²) in [7, 11) is -3.77. The maximum Gasteiger partial charge on any atom is 0.261 e. The van der Waals surface area contributed by atoms with Crippen LogP contribution in [0.1, 0.15) is 23.2 Å². The van der Waals surface area contributed by atoms with Crippen molar-refractivity contribution in [2.24, 2.45) is 5.92 Å². The van der Waals surface area contributed by atoms with Gasteiger partial charge < -0.3 is 4.90 Å². The van der Waals surface area contributed by atoms with Crippen LogP contribution in [0.5, 0.6) is 0 Å². The summed E-state index contributed by atoms with van der Waals surface area (Å²) in [6.45, 7) is 4.26. The van der Waals surface area contributed by atoms with E-state index in [4.69, 9.17) is 0 Å². The zero-order chi connectivity index (χ0) is 20.4. The zero-order valence-corrected chi connectivity index (χ0v) is 18.5. The van der Waals surface area contributed by atoms with Crippen molar-refractivity contribution in [3.8, 4) is 0 Å². The Morgan fingerprint density at radius 1 is 1.03 bits per heavy atom. The molecule has 0 spiro atoms. The lowest BCUT2D eigenvalue weighted by Crippen LogP contribution is -2.49. The Hall–Kier alpha value is -1.90.